The van der Waals surface area contributed by atoms with Crippen LogP contribution in [0.3, 0.4) is 0 Å². The summed E-state index contributed by atoms with van der Waals surface area (Å²) >= 11 is 0. The molecular formula is C41H37BF6N2O. The van der Waals surface area contributed by atoms with E-state index < -0.39 is 47.4 Å². The number of halogens is 6. The molecule has 1 aliphatic rings. The second-order valence-corrected chi connectivity index (χ2v) is 12.9. The van der Waals surface area contributed by atoms with Crippen molar-refractivity contribution in [3.05, 3.63) is 162 Å². The quantitative estimate of drug-likeness (QED) is 0.155. The number of para-hydroxylation sites is 1. The smallest absolute Gasteiger partial charge is 0.382 e. The van der Waals surface area contributed by atoms with E-state index in [9.17, 15) is 31.4 Å². The van der Waals surface area contributed by atoms with Gasteiger partial charge in [0.2, 0.25) is 0 Å². The summed E-state index contributed by atoms with van der Waals surface area (Å²) in [7, 11) is 0. The number of aromatic nitrogens is 1. The van der Waals surface area contributed by atoms with Crippen LogP contribution in [-0.2, 0) is 12.4 Å². The molecule has 0 saturated carbocycles. The summed E-state index contributed by atoms with van der Waals surface area (Å²) in [6.07, 6.45) is -10.00. The number of hydrogen-bond acceptors (Lipinski definition) is 2. The van der Waals surface area contributed by atoms with E-state index in [1.54, 1.807) is 0 Å². The van der Waals surface area contributed by atoms with Gasteiger partial charge in [-0.15, -0.1) is 0 Å². The first kappa shape index (κ1) is 35.9. The van der Waals surface area contributed by atoms with E-state index in [0.29, 0.717) is 25.1 Å². The minimum absolute atomic E-state index is 0.112. The summed E-state index contributed by atoms with van der Waals surface area (Å²) in [4.78, 5) is 3.23. The van der Waals surface area contributed by atoms with Crippen LogP contribution >= 0.6 is 0 Å². The normalized spacial score (nSPS) is 15.9. The van der Waals surface area contributed by atoms with E-state index in [1.807, 2.05) is 5.32 Å². The number of benzene rings is 5. The Morgan fingerprint density at radius 2 is 1.08 bits per heavy atom. The Labute approximate surface area is 292 Å². The summed E-state index contributed by atoms with van der Waals surface area (Å²) in [5.74, 6) is 0. The van der Waals surface area contributed by atoms with E-state index in [1.165, 1.54) is 27.9 Å². The van der Waals surface area contributed by atoms with Crippen molar-refractivity contribution in [3.63, 3.8) is 0 Å². The van der Waals surface area contributed by atoms with Gasteiger partial charge in [0.05, 0.1) is 17.6 Å². The number of alkyl halides is 6. The standard InChI is InChI=1S/C24H20B.C17H16F6N2O/c1-5-13-21(14-6-1)25(22-15-7-2-8-16-22,23-17-9-3-10-18-23)24-19-11-4-12-20-24;18-16(19,20)11-5-3-4-9-10(15(26)12-6-1-2-7-24-12)8-13(17(21,22)23)25-14(9)11/h1-20H;3-5,8,12,15,24,26H,1-2,6-7H2/q-1;/p+1. The van der Waals surface area contributed by atoms with E-state index in [0.717, 1.165) is 18.9 Å². The summed E-state index contributed by atoms with van der Waals surface area (Å²) in [6, 6.07) is 46.9. The molecule has 262 valence electrons. The molecule has 1 fully saturated rings. The number of aliphatic hydroxyl groups excluding tert-OH is 1. The number of quaternary nitrogens is 1. The number of fused-ring (bicyclic) bond motifs is 1. The average molecular weight is 699 g/mol. The fraction of sp³-hybridized carbons (Fsp3) is 0.195. The predicted octanol–water partition coefficient (Wildman–Crippen LogP) is 6.49. The third-order valence-corrected chi connectivity index (χ3v) is 9.85. The zero-order valence-corrected chi connectivity index (χ0v) is 27.7. The number of pyridine rings is 1. The van der Waals surface area contributed by atoms with Crippen LogP contribution in [0.1, 0.15) is 42.2 Å². The minimum atomic E-state index is -4.92. The zero-order chi connectivity index (χ0) is 36.1. The molecule has 10 heteroatoms. The number of aliphatic hydroxyl groups is 1. The summed E-state index contributed by atoms with van der Waals surface area (Å²) < 4.78 is 79.3. The van der Waals surface area contributed by atoms with Crippen LogP contribution in [0.25, 0.3) is 10.9 Å². The zero-order valence-electron chi connectivity index (χ0n) is 27.7. The summed E-state index contributed by atoms with van der Waals surface area (Å²) in [6.45, 7) is 0.713. The molecule has 2 atom stereocenters. The average Bonchev–Trinajstić information content (AvgIpc) is 3.16. The van der Waals surface area contributed by atoms with Crippen LogP contribution in [-0.4, -0.2) is 28.8 Å². The molecule has 2 heterocycles. The maximum Gasteiger partial charge on any atom is 0.433 e. The lowest BCUT2D eigenvalue weighted by Gasteiger charge is -2.44. The van der Waals surface area contributed by atoms with Gasteiger partial charge in [-0.3, -0.25) is 0 Å². The van der Waals surface area contributed by atoms with Crippen molar-refractivity contribution in [1.82, 2.24) is 4.98 Å². The number of nitrogens with two attached hydrogens (primary N) is 1. The SMILES string of the molecule is OC(c1cc(C(F)(F)F)nc2c(C(F)(F)F)cccc12)C1CCCC[NH2+]1.c1ccc([B-](c2ccccc2)(c2ccccc2)c2ccccc2)cc1. The Hall–Kier alpha value is -4.93. The number of hydrogen-bond donors (Lipinski definition) is 2. The molecule has 1 aliphatic heterocycles. The molecule has 1 aromatic heterocycles. The van der Waals surface area contributed by atoms with Crippen LogP contribution in [0, 0.1) is 0 Å². The molecule has 2 unspecified atom stereocenters. The van der Waals surface area contributed by atoms with Crippen LogP contribution < -0.4 is 27.2 Å². The number of nitrogens with zero attached hydrogens (tertiary/aromatic N) is 1. The lowest BCUT2D eigenvalue weighted by Crippen LogP contribution is -2.92. The van der Waals surface area contributed by atoms with Crippen molar-refractivity contribution in [2.45, 2.75) is 43.8 Å². The van der Waals surface area contributed by atoms with Gasteiger partial charge in [-0.1, -0.05) is 133 Å². The molecule has 0 bridgehead atoms. The maximum atomic E-state index is 13.2. The first-order chi connectivity index (χ1) is 24.5. The van der Waals surface area contributed by atoms with Crippen molar-refractivity contribution in [2.75, 3.05) is 6.54 Å². The molecule has 0 aliphatic carbocycles. The minimum Gasteiger partial charge on any atom is -0.382 e. The Morgan fingerprint density at radius 1 is 0.608 bits per heavy atom. The third kappa shape index (κ3) is 7.58. The largest absolute Gasteiger partial charge is 0.433 e. The fourth-order valence-corrected chi connectivity index (χ4v) is 7.51. The molecule has 3 nitrogen and oxygen atoms in total. The second kappa shape index (κ2) is 15.1. The van der Waals surface area contributed by atoms with E-state index in [2.05, 4.69) is 126 Å². The van der Waals surface area contributed by atoms with Gasteiger partial charge in [-0.25, -0.2) is 4.98 Å². The van der Waals surface area contributed by atoms with Gasteiger partial charge in [-0.2, -0.15) is 48.2 Å². The Morgan fingerprint density at radius 3 is 1.47 bits per heavy atom. The second-order valence-electron chi connectivity index (χ2n) is 12.9. The molecule has 1 saturated heterocycles. The molecule has 6 aromatic rings. The highest BCUT2D eigenvalue weighted by atomic mass is 19.4. The lowest BCUT2D eigenvalue weighted by molar-refractivity contribution is -0.705. The molecular weight excluding hydrogens is 661 g/mol. The van der Waals surface area contributed by atoms with Crippen molar-refractivity contribution in [1.29, 1.82) is 0 Å². The molecule has 5 aromatic carbocycles. The van der Waals surface area contributed by atoms with E-state index >= 15 is 0 Å². The van der Waals surface area contributed by atoms with Gasteiger partial charge < -0.3 is 10.4 Å². The highest BCUT2D eigenvalue weighted by molar-refractivity contribution is 7.19. The summed E-state index contributed by atoms with van der Waals surface area (Å²) in [5, 5.41) is 12.3. The molecule has 7 rings (SSSR count). The van der Waals surface area contributed by atoms with Gasteiger partial charge in [0.25, 0.3) is 0 Å². The number of piperidine rings is 1. The highest BCUT2D eigenvalue weighted by Crippen LogP contribution is 2.39. The van der Waals surface area contributed by atoms with Gasteiger partial charge in [0.15, 0.2) is 0 Å². The topological polar surface area (TPSA) is 49.7 Å². The molecule has 0 amide bonds. The fourth-order valence-electron chi connectivity index (χ4n) is 7.51. The van der Waals surface area contributed by atoms with Crippen molar-refractivity contribution in [2.24, 2.45) is 0 Å². The molecule has 0 radical (unpaired) electrons. The maximum absolute atomic E-state index is 13.2. The van der Waals surface area contributed by atoms with Gasteiger partial charge >= 0.3 is 12.4 Å². The van der Waals surface area contributed by atoms with Crippen LogP contribution in [0.15, 0.2) is 146 Å². The van der Waals surface area contributed by atoms with Crippen molar-refractivity contribution < 1.29 is 36.8 Å². The van der Waals surface area contributed by atoms with Gasteiger partial charge in [-0.05, 0) is 30.5 Å². The Bertz CT molecular complexity index is 1860. The van der Waals surface area contributed by atoms with Gasteiger partial charge in [0, 0.05) is 11.8 Å². The van der Waals surface area contributed by atoms with E-state index in [-0.39, 0.29) is 10.9 Å². The van der Waals surface area contributed by atoms with Crippen molar-refractivity contribution >= 4 is 38.9 Å². The monoisotopic (exact) mass is 698 g/mol. The summed E-state index contributed by atoms with van der Waals surface area (Å²) in [5.41, 5.74) is 1.71. The predicted molar refractivity (Wildman–Crippen MR) is 191 cm³/mol. The lowest BCUT2D eigenvalue weighted by atomic mass is 9.13. The van der Waals surface area contributed by atoms with Crippen LogP contribution in [0.5, 0.6) is 0 Å². The Balaban J connectivity index is 0.000000176. The van der Waals surface area contributed by atoms with Crippen molar-refractivity contribution in [3.8, 4) is 0 Å². The highest BCUT2D eigenvalue weighted by Gasteiger charge is 2.39. The van der Waals surface area contributed by atoms with E-state index in [4.69, 9.17) is 0 Å². The molecule has 3 N–H and O–H groups in total. The number of rotatable bonds is 6. The van der Waals surface area contributed by atoms with Gasteiger partial charge in [0.1, 0.15) is 24.0 Å². The Kier molecular flexibility index (Phi) is 10.6. The molecule has 51 heavy (non-hydrogen) atoms. The first-order valence-corrected chi connectivity index (χ1v) is 17.0. The third-order valence-electron chi connectivity index (χ3n) is 9.85. The van der Waals surface area contributed by atoms with Crippen LogP contribution in [0.4, 0.5) is 26.3 Å². The first-order valence-electron chi connectivity index (χ1n) is 17.0. The van der Waals surface area contributed by atoms with Crippen LogP contribution in [0.2, 0.25) is 0 Å². The molecule has 0 spiro atoms.